The molecule has 0 spiro atoms. The van der Waals surface area contributed by atoms with Crippen molar-refractivity contribution >= 4 is 37.5 Å². The maximum Gasteiger partial charge on any atom is 0.402 e. The molecule has 1 amide bonds. The standard InChI is InChI=1S/C16H14BrF3N2O4S/c17-11-1-5-13(6-2-11)26-9-15(23)22-12-3-7-14(8-4-12)27(24,25)21-10-16(18,19)20/h1-8,21H,9-10H2,(H,22,23). The highest BCUT2D eigenvalue weighted by Gasteiger charge is 2.30. The molecule has 0 aliphatic heterocycles. The maximum absolute atomic E-state index is 12.1. The summed E-state index contributed by atoms with van der Waals surface area (Å²) in [5, 5.41) is 2.49. The molecule has 0 unspecified atom stereocenters. The number of carbonyl (C=O) groups is 1. The van der Waals surface area contributed by atoms with Crippen molar-refractivity contribution in [2.45, 2.75) is 11.1 Å². The molecule has 11 heteroatoms. The van der Waals surface area contributed by atoms with Gasteiger partial charge in [0.25, 0.3) is 5.91 Å². The molecule has 27 heavy (non-hydrogen) atoms. The summed E-state index contributed by atoms with van der Waals surface area (Å²) < 4.78 is 67.6. The summed E-state index contributed by atoms with van der Waals surface area (Å²) >= 11 is 3.27. The van der Waals surface area contributed by atoms with Crippen molar-refractivity contribution in [1.82, 2.24) is 4.72 Å². The second-order valence-corrected chi connectivity index (χ2v) is 7.94. The topological polar surface area (TPSA) is 84.5 Å². The third kappa shape index (κ3) is 7.19. The molecule has 0 saturated carbocycles. The average molecular weight is 467 g/mol. The van der Waals surface area contributed by atoms with Crippen LogP contribution < -0.4 is 14.8 Å². The Morgan fingerprint density at radius 2 is 1.63 bits per heavy atom. The van der Waals surface area contributed by atoms with Gasteiger partial charge < -0.3 is 10.1 Å². The van der Waals surface area contributed by atoms with Crippen LogP contribution in [0.4, 0.5) is 18.9 Å². The molecule has 0 aliphatic carbocycles. The van der Waals surface area contributed by atoms with E-state index in [0.717, 1.165) is 16.6 Å². The zero-order chi connectivity index (χ0) is 20.1. The summed E-state index contributed by atoms with van der Waals surface area (Å²) in [5.41, 5.74) is 0.272. The van der Waals surface area contributed by atoms with Crippen LogP contribution in [0.15, 0.2) is 57.9 Å². The molecule has 2 rings (SSSR count). The third-order valence-electron chi connectivity index (χ3n) is 3.09. The zero-order valence-electron chi connectivity index (χ0n) is 13.6. The summed E-state index contributed by atoms with van der Waals surface area (Å²) in [6.45, 7) is -1.93. The van der Waals surface area contributed by atoms with Gasteiger partial charge in [0, 0.05) is 10.2 Å². The molecule has 0 atom stereocenters. The van der Waals surface area contributed by atoms with Crippen LogP contribution >= 0.6 is 15.9 Å². The van der Waals surface area contributed by atoms with Gasteiger partial charge in [-0.1, -0.05) is 15.9 Å². The van der Waals surface area contributed by atoms with E-state index in [9.17, 15) is 26.4 Å². The van der Waals surface area contributed by atoms with Crippen molar-refractivity contribution < 1.29 is 31.1 Å². The fraction of sp³-hybridized carbons (Fsp3) is 0.188. The zero-order valence-corrected chi connectivity index (χ0v) is 16.0. The number of anilines is 1. The van der Waals surface area contributed by atoms with E-state index in [2.05, 4.69) is 21.2 Å². The number of rotatable bonds is 7. The van der Waals surface area contributed by atoms with Gasteiger partial charge in [0.2, 0.25) is 10.0 Å². The van der Waals surface area contributed by atoms with Crippen LogP contribution in [0.25, 0.3) is 0 Å². The predicted molar refractivity (Wildman–Crippen MR) is 96.0 cm³/mol. The first-order chi connectivity index (χ1) is 12.5. The van der Waals surface area contributed by atoms with Crippen molar-refractivity contribution in [2.24, 2.45) is 0 Å². The Kier molecular flexibility index (Phi) is 6.84. The smallest absolute Gasteiger partial charge is 0.402 e. The van der Waals surface area contributed by atoms with Crippen LogP contribution in [0.3, 0.4) is 0 Å². The van der Waals surface area contributed by atoms with Gasteiger partial charge in [0.15, 0.2) is 6.61 Å². The molecule has 2 N–H and O–H groups in total. The first kappa shape index (κ1) is 21.2. The number of hydrogen-bond donors (Lipinski definition) is 2. The number of hydrogen-bond acceptors (Lipinski definition) is 4. The molecule has 0 aromatic heterocycles. The van der Waals surface area contributed by atoms with Crippen LogP contribution in [0.1, 0.15) is 0 Å². The Balaban J connectivity index is 1.90. The van der Waals surface area contributed by atoms with Gasteiger partial charge in [-0.3, -0.25) is 4.79 Å². The molecule has 6 nitrogen and oxygen atoms in total. The fourth-order valence-corrected chi connectivity index (χ4v) is 3.13. The molecular weight excluding hydrogens is 453 g/mol. The van der Waals surface area contributed by atoms with E-state index in [4.69, 9.17) is 4.74 Å². The fourth-order valence-electron chi connectivity index (χ4n) is 1.85. The van der Waals surface area contributed by atoms with E-state index in [0.29, 0.717) is 5.75 Å². The monoisotopic (exact) mass is 466 g/mol. The lowest BCUT2D eigenvalue weighted by Crippen LogP contribution is -2.33. The van der Waals surface area contributed by atoms with Gasteiger partial charge in [0.05, 0.1) is 4.90 Å². The van der Waals surface area contributed by atoms with Crippen molar-refractivity contribution in [3.8, 4) is 5.75 Å². The Hall–Kier alpha value is -2.11. The number of halogens is 4. The van der Waals surface area contributed by atoms with Crippen LogP contribution in [0.2, 0.25) is 0 Å². The second kappa shape index (κ2) is 8.72. The number of sulfonamides is 1. The maximum atomic E-state index is 12.1. The first-order valence-electron chi connectivity index (χ1n) is 7.40. The van der Waals surface area contributed by atoms with Gasteiger partial charge in [-0.25, -0.2) is 13.1 Å². The minimum Gasteiger partial charge on any atom is -0.484 e. The highest BCUT2D eigenvalue weighted by atomic mass is 79.9. The van der Waals surface area contributed by atoms with Gasteiger partial charge in [0.1, 0.15) is 12.3 Å². The van der Waals surface area contributed by atoms with E-state index in [1.165, 1.54) is 16.9 Å². The van der Waals surface area contributed by atoms with Crippen LogP contribution in [0, 0.1) is 0 Å². The van der Waals surface area contributed by atoms with Gasteiger partial charge in [-0.2, -0.15) is 13.2 Å². The van der Waals surface area contributed by atoms with Gasteiger partial charge >= 0.3 is 6.18 Å². The van der Waals surface area contributed by atoms with E-state index in [1.54, 1.807) is 24.3 Å². The molecule has 0 fully saturated rings. The van der Waals surface area contributed by atoms with Gasteiger partial charge in [-0.15, -0.1) is 0 Å². The number of alkyl halides is 3. The SMILES string of the molecule is O=C(COc1ccc(Br)cc1)Nc1ccc(S(=O)(=O)NCC(F)(F)F)cc1. The molecule has 2 aromatic rings. The average Bonchev–Trinajstić information content (AvgIpc) is 2.60. The highest BCUT2D eigenvalue weighted by Crippen LogP contribution is 2.18. The molecule has 0 heterocycles. The lowest BCUT2D eigenvalue weighted by Gasteiger charge is -2.10. The summed E-state index contributed by atoms with van der Waals surface area (Å²) in [7, 11) is -4.30. The van der Waals surface area contributed by atoms with Gasteiger partial charge in [-0.05, 0) is 48.5 Å². The summed E-state index contributed by atoms with van der Waals surface area (Å²) in [4.78, 5) is 11.5. The Morgan fingerprint density at radius 1 is 1.04 bits per heavy atom. The lowest BCUT2D eigenvalue weighted by molar-refractivity contribution is -0.121. The molecule has 2 aromatic carbocycles. The van der Waals surface area contributed by atoms with Crippen LogP contribution in [0.5, 0.6) is 5.75 Å². The van der Waals surface area contributed by atoms with E-state index in [-0.39, 0.29) is 17.2 Å². The Morgan fingerprint density at radius 3 is 2.19 bits per heavy atom. The Bertz CT molecular complexity index is 885. The summed E-state index contributed by atoms with van der Waals surface area (Å²) in [5.74, 6) is 0.00857. The Labute approximate surface area is 161 Å². The third-order valence-corrected chi connectivity index (χ3v) is 5.04. The summed E-state index contributed by atoms with van der Waals surface area (Å²) in [6, 6.07) is 11.5. The number of benzene rings is 2. The van der Waals surface area contributed by atoms with E-state index >= 15 is 0 Å². The number of amides is 1. The molecular formula is C16H14BrF3N2O4S. The van der Waals surface area contributed by atoms with Crippen LogP contribution in [-0.4, -0.2) is 33.7 Å². The number of nitrogens with one attached hydrogen (secondary N) is 2. The molecule has 0 bridgehead atoms. The quantitative estimate of drug-likeness (QED) is 0.655. The van der Waals surface area contributed by atoms with Crippen molar-refractivity contribution in [3.63, 3.8) is 0 Å². The van der Waals surface area contributed by atoms with E-state index in [1.807, 2.05) is 0 Å². The van der Waals surface area contributed by atoms with Crippen molar-refractivity contribution in [1.29, 1.82) is 0 Å². The van der Waals surface area contributed by atoms with Crippen molar-refractivity contribution in [2.75, 3.05) is 18.5 Å². The number of carbonyl (C=O) groups excluding carboxylic acids is 1. The molecule has 146 valence electrons. The normalized spacial score (nSPS) is 11.9. The predicted octanol–water partition coefficient (Wildman–Crippen LogP) is 3.31. The lowest BCUT2D eigenvalue weighted by atomic mass is 10.3. The minimum atomic E-state index is -4.66. The molecule has 0 saturated heterocycles. The highest BCUT2D eigenvalue weighted by molar-refractivity contribution is 9.10. The first-order valence-corrected chi connectivity index (χ1v) is 9.67. The second-order valence-electron chi connectivity index (χ2n) is 5.25. The minimum absolute atomic E-state index is 0.269. The molecule has 0 aliphatic rings. The molecule has 0 radical (unpaired) electrons. The number of ether oxygens (including phenoxy) is 1. The summed E-state index contributed by atoms with van der Waals surface area (Å²) in [6.07, 6.45) is -4.66. The van der Waals surface area contributed by atoms with Crippen LogP contribution in [-0.2, 0) is 14.8 Å². The largest absolute Gasteiger partial charge is 0.484 e. The van der Waals surface area contributed by atoms with E-state index < -0.39 is 28.7 Å². The van der Waals surface area contributed by atoms with Crippen molar-refractivity contribution in [3.05, 3.63) is 53.0 Å².